The Morgan fingerprint density at radius 1 is 1.12 bits per heavy atom. The van der Waals surface area contributed by atoms with E-state index >= 15 is 0 Å². The third-order valence-electron chi connectivity index (χ3n) is 2.09. The molecule has 0 atom stereocenters. The fourth-order valence-electron chi connectivity index (χ4n) is 1.26. The molecule has 0 saturated carbocycles. The van der Waals surface area contributed by atoms with E-state index in [1.165, 1.54) is 0 Å². The maximum Gasteiger partial charge on any atom is 0.298 e. The fourth-order valence-corrected chi connectivity index (χ4v) is 1.26. The van der Waals surface area contributed by atoms with E-state index < -0.39 is 0 Å². The Kier molecular flexibility index (Phi) is 5.88. The van der Waals surface area contributed by atoms with Gasteiger partial charge in [0.1, 0.15) is 11.5 Å². The highest BCUT2D eigenvalue weighted by Crippen LogP contribution is 2.05. The molecule has 4 heteroatoms. The first kappa shape index (κ1) is 12.4. The Hall–Kier alpha value is -1.68. The average Bonchev–Trinajstić information content (AvgIpc) is 2.33. The molecule has 16 heavy (non-hydrogen) atoms. The van der Waals surface area contributed by atoms with Crippen LogP contribution in [0.5, 0.6) is 5.75 Å². The molecule has 0 unspecified atom stereocenters. The SMILES string of the molecule is O=C1CCNCC1.O=COc1ccccc1. The van der Waals surface area contributed by atoms with Gasteiger partial charge in [0.2, 0.25) is 0 Å². The molecular weight excluding hydrogens is 206 g/mol. The van der Waals surface area contributed by atoms with E-state index in [4.69, 9.17) is 0 Å². The lowest BCUT2D eigenvalue weighted by Gasteiger charge is -2.08. The van der Waals surface area contributed by atoms with Crippen LogP contribution in [-0.4, -0.2) is 25.3 Å². The van der Waals surface area contributed by atoms with Crippen LogP contribution < -0.4 is 10.1 Å². The molecule has 86 valence electrons. The summed E-state index contributed by atoms with van der Waals surface area (Å²) in [5.41, 5.74) is 0. The first-order valence-electron chi connectivity index (χ1n) is 5.20. The Labute approximate surface area is 94.6 Å². The zero-order chi connectivity index (χ0) is 11.6. The molecule has 0 spiro atoms. The summed E-state index contributed by atoms with van der Waals surface area (Å²) in [6.45, 7) is 2.19. The Balaban J connectivity index is 0.000000165. The molecule has 0 radical (unpaired) electrons. The van der Waals surface area contributed by atoms with E-state index in [1.807, 2.05) is 6.07 Å². The zero-order valence-corrected chi connectivity index (χ0v) is 9.02. The second-order valence-electron chi connectivity index (χ2n) is 3.32. The van der Waals surface area contributed by atoms with Crippen LogP contribution in [0.3, 0.4) is 0 Å². The van der Waals surface area contributed by atoms with Gasteiger partial charge in [-0.3, -0.25) is 9.59 Å². The minimum absolute atomic E-state index is 0.402. The Bertz CT molecular complexity index is 316. The van der Waals surface area contributed by atoms with Gasteiger partial charge in [-0.05, 0) is 12.1 Å². The van der Waals surface area contributed by atoms with E-state index in [-0.39, 0.29) is 0 Å². The van der Waals surface area contributed by atoms with Gasteiger partial charge in [-0.15, -0.1) is 0 Å². The number of nitrogens with one attached hydrogen (secondary N) is 1. The number of carbonyl (C=O) groups excluding carboxylic acids is 2. The minimum atomic E-state index is 0.402. The molecule has 1 aliphatic rings. The van der Waals surface area contributed by atoms with Crippen LogP contribution in [0.2, 0.25) is 0 Å². The number of benzene rings is 1. The normalized spacial score (nSPS) is 14.6. The van der Waals surface area contributed by atoms with Crippen LogP contribution in [-0.2, 0) is 9.59 Å². The molecule has 1 heterocycles. The van der Waals surface area contributed by atoms with Crippen molar-refractivity contribution in [2.75, 3.05) is 13.1 Å². The van der Waals surface area contributed by atoms with Gasteiger partial charge in [-0.2, -0.15) is 0 Å². The lowest BCUT2D eigenvalue weighted by Crippen LogP contribution is -2.27. The summed E-state index contributed by atoms with van der Waals surface area (Å²) in [7, 11) is 0. The average molecular weight is 221 g/mol. The molecule has 1 fully saturated rings. The van der Waals surface area contributed by atoms with Crippen LogP contribution in [0.1, 0.15) is 12.8 Å². The van der Waals surface area contributed by atoms with Crippen molar-refractivity contribution in [2.45, 2.75) is 12.8 Å². The minimum Gasteiger partial charge on any atom is -0.429 e. The summed E-state index contributed by atoms with van der Waals surface area (Å²) >= 11 is 0. The molecule has 0 aliphatic carbocycles. The predicted molar refractivity (Wildman–Crippen MR) is 60.2 cm³/mol. The van der Waals surface area contributed by atoms with Crippen molar-refractivity contribution in [3.63, 3.8) is 0 Å². The first-order chi connectivity index (χ1) is 7.83. The smallest absolute Gasteiger partial charge is 0.298 e. The molecule has 1 aromatic rings. The summed E-state index contributed by atoms with van der Waals surface area (Å²) in [5, 5.41) is 3.09. The fraction of sp³-hybridized carbons (Fsp3) is 0.333. The molecule has 2 rings (SSSR count). The van der Waals surface area contributed by atoms with E-state index in [9.17, 15) is 9.59 Å². The molecule has 1 aliphatic heterocycles. The number of hydrogen-bond donors (Lipinski definition) is 1. The van der Waals surface area contributed by atoms with E-state index in [1.54, 1.807) is 24.3 Å². The van der Waals surface area contributed by atoms with Crippen molar-refractivity contribution in [2.24, 2.45) is 0 Å². The highest BCUT2D eigenvalue weighted by Gasteiger charge is 2.04. The first-order valence-corrected chi connectivity index (χ1v) is 5.20. The maximum atomic E-state index is 10.4. The lowest BCUT2D eigenvalue weighted by atomic mass is 10.1. The van der Waals surface area contributed by atoms with E-state index in [2.05, 4.69) is 10.1 Å². The predicted octanol–water partition coefficient (Wildman–Crippen LogP) is 1.16. The topological polar surface area (TPSA) is 55.4 Å². The largest absolute Gasteiger partial charge is 0.429 e. The number of hydrogen-bond acceptors (Lipinski definition) is 4. The number of Topliss-reactive ketones (excluding diaryl/α,β-unsaturated/α-hetero) is 1. The van der Waals surface area contributed by atoms with Crippen LogP contribution in [0.25, 0.3) is 0 Å². The molecule has 0 bridgehead atoms. The Morgan fingerprint density at radius 3 is 2.19 bits per heavy atom. The third kappa shape index (κ3) is 5.26. The Morgan fingerprint density at radius 2 is 1.75 bits per heavy atom. The van der Waals surface area contributed by atoms with Gasteiger partial charge in [0.15, 0.2) is 0 Å². The number of carbonyl (C=O) groups is 2. The summed E-state index contributed by atoms with van der Waals surface area (Å²) in [5.74, 6) is 0.978. The third-order valence-corrected chi connectivity index (χ3v) is 2.09. The van der Waals surface area contributed by atoms with Crippen molar-refractivity contribution in [1.82, 2.24) is 5.32 Å². The van der Waals surface area contributed by atoms with Crippen LogP contribution in [0.15, 0.2) is 30.3 Å². The number of para-hydroxylation sites is 1. The van der Waals surface area contributed by atoms with Gasteiger partial charge < -0.3 is 10.1 Å². The number of piperidine rings is 1. The van der Waals surface area contributed by atoms with Crippen LogP contribution >= 0.6 is 0 Å². The van der Waals surface area contributed by atoms with Crippen molar-refractivity contribution in [1.29, 1.82) is 0 Å². The highest BCUT2D eigenvalue weighted by molar-refractivity contribution is 5.79. The van der Waals surface area contributed by atoms with Crippen molar-refractivity contribution in [3.05, 3.63) is 30.3 Å². The summed E-state index contributed by atoms with van der Waals surface area (Å²) in [4.78, 5) is 20.2. The lowest BCUT2D eigenvalue weighted by molar-refractivity contribution is -0.121. The van der Waals surface area contributed by atoms with Crippen LogP contribution in [0.4, 0.5) is 0 Å². The van der Waals surface area contributed by atoms with Gasteiger partial charge >= 0.3 is 0 Å². The molecule has 1 saturated heterocycles. The van der Waals surface area contributed by atoms with Gasteiger partial charge in [0, 0.05) is 25.9 Å². The number of ketones is 1. The van der Waals surface area contributed by atoms with Crippen molar-refractivity contribution in [3.8, 4) is 5.75 Å². The number of ether oxygens (including phenoxy) is 1. The molecule has 0 aromatic heterocycles. The molecular formula is C12H15NO3. The van der Waals surface area contributed by atoms with Crippen molar-refractivity contribution >= 4 is 12.3 Å². The zero-order valence-electron chi connectivity index (χ0n) is 9.02. The maximum absolute atomic E-state index is 10.4. The van der Waals surface area contributed by atoms with Gasteiger partial charge in [0.25, 0.3) is 6.47 Å². The summed E-state index contributed by atoms with van der Waals surface area (Å²) < 4.78 is 4.53. The monoisotopic (exact) mass is 221 g/mol. The second kappa shape index (κ2) is 7.59. The number of rotatable bonds is 2. The van der Waals surface area contributed by atoms with Gasteiger partial charge in [-0.25, -0.2) is 0 Å². The van der Waals surface area contributed by atoms with Gasteiger partial charge in [-0.1, -0.05) is 18.2 Å². The quantitative estimate of drug-likeness (QED) is 0.761. The molecule has 4 nitrogen and oxygen atoms in total. The van der Waals surface area contributed by atoms with Crippen molar-refractivity contribution < 1.29 is 14.3 Å². The van der Waals surface area contributed by atoms with Crippen LogP contribution in [0, 0.1) is 0 Å². The molecule has 0 amide bonds. The molecule has 1 N–H and O–H groups in total. The standard InChI is InChI=1S/C7H6O2.C5H9NO/c8-6-9-7-4-2-1-3-5-7;7-5-1-3-6-4-2-5/h1-6H;6H,1-4H2. The van der Waals surface area contributed by atoms with E-state index in [0.717, 1.165) is 25.9 Å². The second-order valence-corrected chi connectivity index (χ2v) is 3.32. The molecule has 1 aromatic carbocycles. The van der Waals surface area contributed by atoms with E-state index in [0.29, 0.717) is 18.0 Å². The summed E-state index contributed by atoms with van der Waals surface area (Å²) in [6.07, 6.45) is 1.47. The van der Waals surface area contributed by atoms with Gasteiger partial charge in [0.05, 0.1) is 0 Å². The highest BCUT2D eigenvalue weighted by atomic mass is 16.5. The summed E-state index contributed by atoms with van der Waals surface area (Å²) in [6, 6.07) is 8.90.